The maximum absolute atomic E-state index is 14.3. The van der Waals surface area contributed by atoms with Gasteiger partial charge in [-0.2, -0.15) is 0 Å². The molecule has 0 spiro atoms. The second-order valence-electron chi connectivity index (χ2n) is 4.44. The first kappa shape index (κ1) is 17.2. The topological polar surface area (TPSA) is 12.0 Å². The normalized spacial score (nSPS) is 12.5. The van der Waals surface area contributed by atoms with Crippen LogP contribution in [0.25, 0.3) is 0 Å². The number of rotatable bonds is 4. The second-order valence-corrected chi connectivity index (χ2v) is 7.00. The van der Waals surface area contributed by atoms with Crippen LogP contribution < -0.4 is 5.32 Å². The molecule has 2 aromatic rings. The van der Waals surface area contributed by atoms with Gasteiger partial charge in [0.1, 0.15) is 5.82 Å². The van der Waals surface area contributed by atoms with Gasteiger partial charge in [-0.3, -0.25) is 0 Å². The Hall–Kier alpha value is -0.130. The summed E-state index contributed by atoms with van der Waals surface area (Å²) >= 11 is 18.8. The molecule has 0 fully saturated rings. The van der Waals surface area contributed by atoms with Crippen LogP contribution in [0.3, 0.4) is 0 Å². The van der Waals surface area contributed by atoms with Gasteiger partial charge >= 0.3 is 0 Å². The number of hydrogen-bond donors (Lipinski definition) is 1. The zero-order chi connectivity index (χ0) is 15.6. The summed E-state index contributed by atoms with van der Waals surface area (Å²) < 4.78 is 15.7. The van der Waals surface area contributed by atoms with Gasteiger partial charge in [-0.1, -0.05) is 52.1 Å². The van der Waals surface area contributed by atoms with Gasteiger partial charge in [0, 0.05) is 19.5 Å². The molecule has 1 atom stereocenters. The first-order valence-electron chi connectivity index (χ1n) is 6.26. The third-order valence-corrected chi connectivity index (χ3v) is 5.15. The van der Waals surface area contributed by atoms with Crippen molar-refractivity contribution < 1.29 is 4.39 Å². The van der Waals surface area contributed by atoms with Crippen molar-refractivity contribution in [3.05, 3.63) is 66.3 Å². The molecule has 0 saturated carbocycles. The molecule has 0 bridgehead atoms. The van der Waals surface area contributed by atoms with Gasteiger partial charge in [-0.25, -0.2) is 4.39 Å². The highest BCUT2D eigenvalue weighted by molar-refractivity contribution is 9.10. The van der Waals surface area contributed by atoms with Gasteiger partial charge < -0.3 is 5.32 Å². The molecule has 0 heterocycles. The molecule has 21 heavy (non-hydrogen) atoms. The summed E-state index contributed by atoms with van der Waals surface area (Å²) in [4.78, 5) is 0. The standard InChI is InChI=1S/C15H12Br2Cl2FN/c1-2-21-15(9-4-3-8(18)5-11(9)16)10-6-13(19)12(17)7-14(10)20/h3-7,15,21H,2H2,1H3. The van der Waals surface area contributed by atoms with E-state index in [1.807, 2.05) is 13.0 Å². The predicted molar refractivity (Wildman–Crippen MR) is 93.8 cm³/mol. The summed E-state index contributed by atoms with van der Waals surface area (Å²) in [7, 11) is 0. The average molecular weight is 456 g/mol. The lowest BCUT2D eigenvalue weighted by atomic mass is 9.98. The Morgan fingerprint density at radius 1 is 1.10 bits per heavy atom. The zero-order valence-corrected chi connectivity index (χ0v) is 15.7. The molecule has 0 aromatic heterocycles. The van der Waals surface area contributed by atoms with Crippen LogP contribution in [0.5, 0.6) is 0 Å². The van der Waals surface area contributed by atoms with Gasteiger partial charge in [0.2, 0.25) is 0 Å². The quantitative estimate of drug-likeness (QED) is 0.529. The highest BCUT2D eigenvalue weighted by Crippen LogP contribution is 2.35. The number of halogens is 5. The molecule has 0 saturated heterocycles. The summed E-state index contributed by atoms with van der Waals surface area (Å²) in [6.07, 6.45) is 0. The number of hydrogen-bond acceptors (Lipinski definition) is 1. The molecule has 1 unspecified atom stereocenters. The second kappa shape index (κ2) is 7.42. The highest BCUT2D eigenvalue weighted by Gasteiger charge is 2.21. The van der Waals surface area contributed by atoms with E-state index >= 15 is 0 Å². The fourth-order valence-electron chi connectivity index (χ4n) is 2.09. The molecule has 0 aliphatic rings. The Balaban J connectivity index is 2.55. The lowest BCUT2D eigenvalue weighted by Gasteiger charge is -2.21. The van der Waals surface area contributed by atoms with Gasteiger partial charge in [0.05, 0.1) is 11.1 Å². The Morgan fingerprint density at radius 2 is 1.81 bits per heavy atom. The third-order valence-electron chi connectivity index (χ3n) is 3.03. The summed E-state index contributed by atoms with van der Waals surface area (Å²) in [6.45, 7) is 2.65. The molecule has 1 N–H and O–H groups in total. The molecular formula is C15H12Br2Cl2FN. The van der Waals surface area contributed by atoms with E-state index in [9.17, 15) is 4.39 Å². The molecule has 6 heteroatoms. The van der Waals surface area contributed by atoms with Gasteiger partial charge in [0.15, 0.2) is 0 Å². The number of benzene rings is 2. The molecular weight excluding hydrogens is 444 g/mol. The van der Waals surface area contributed by atoms with E-state index in [4.69, 9.17) is 23.2 Å². The molecule has 112 valence electrons. The zero-order valence-electron chi connectivity index (χ0n) is 11.1. The van der Waals surface area contributed by atoms with Crippen molar-refractivity contribution >= 4 is 55.1 Å². The van der Waals surface area contributed by atoms with Crippen LogP contribution in [0.15, 0.2) is 39.3 Å². The minimum absolute atomic E-state index is 0.313. The maximum Gasteiger partial charge on any atom is 0.129 e. The minimum atomic E-state index is -0.320. The van der Waals surface area contributed by atoms with Crippen LogP contribution in [-0.4, -0.2) is 6.54 Å². The van der Waals surface area contributed by atoms with Crippen molar-refractivity contribution in [2.45, 2.75) is 13.0 Å². The van der Waals surface area contributed by atoms with Crippen LogP contribution in [0.4, 0.5) is 4.39 Å². The van der Waals surface area contributed by atoms with E-state index in [1.54, 1.807) is 18.2 Å². The van der Waals surface area contributed by atoms with E-state index < -0.39 is 0 Å². The lowest BCUT2D eigenvalue weighted by Crippen LogP contribution is -2.23. The van der Waals surface area contributed by atoms with Crippen molar-refractivity contribution in [3.8, 4) is 0 Å². The van der Waals surface area contributed by atoms with Crippen molar-refractivity contribution in [3.63, 3.8) is 0 Å². The summed E-state index contributed by atoms with van der Waals surface area (Å²) in [5.41, 5.74) is 1.40. The molecule has 2 rings (SSSR count). The maximum atomic E-state index is 14.3. The monoisotopic (exact) mass is 453 g/mol. The molecule has 0 aliphatic heterocycles. The Morgan fingerprint density at radius 3 is 2.43 bits per heavy atom. The van der Waals surface area contributed by atoms with Gasteiger partial charge in [-0.05, 0) is 52.3 Å². The molecule has 0 aliphatic carbocycles. The van der Waals surface area contributed by atoms with Crippen LogP contribution in [0.2, 0.25) is 10.0 Å². The molecule has 1 nitrogen and oxygen atoms in total. The van der Waals surface area contributed by atoms with E-state index in [2.05, 4.69) is 37.2 Å². The highest BCUT2D eigenvalue weighted by atomic mass is 79.9. The van der Waals surface area contributed by atoms with Crippen LogP contribution >= 0.6 is 55.1 Å². The fraction of sp³-hybridized carbons (Fsp3) is 0.200. The van der Waals surface area contributed by atoms with Gasteiger partial charge in [-0.15, -0.1) is 0 Å². The molecule has 0 amide bonds. The fourth-order valence-corrected chi connectivity index (χ4v) is 3.49. The van der Waals surface area contributed by atoms with E-state index in [0.29, 0.717) is 26.6 Å². The molecule has 0 radical (unpaired) electrons. The van der Waals surface area contributed by atoms with Gasteiger partial charge in [0.25, 0.3) is 0 Å². The van der Waals surface area contributed by atoms with Crippen LogP contribution in [0, 0.1) is 5.82 Å². The summed E-state index contributed by atoms with van der Waals surface area (Å²) in [6, 6.07) is 8.15. The summed E-state index contributed by atoms with van der Waals surface area (Å²) in [5, 5.41) is 4.37. The molecule has 2 aromatic carbocycles. The smallest absolute Gasteiger partial charge is 0.129 e. The first-order valence-corrected chi connectivity index (χ1v) is 8.61. The lowest BCUT2D eigenvalue weighted by molar-refractivity contribution is 0.557. The van der Waals surface area contributed by atoms with E-state index in [1.165, 1.54) is 6.07 Å². The minimum Gasteiger partial charge on any atom is -0.306 e. The Labute approximate surface area is 150 Å². The van der Waals surface area contributed by atoms with E-state index in [-0.39, 0.29) is 11.9 Å². The number of nitrogens with one attached hydrogen (secondary N) is 1. The third kappa shape index (κ3) is 3.99. The van der Waals surface area contributed by atoms with Crippen LogP contribution in [-0.2, 0) is 0 Å². The largest absolute Gasteiger partial charge is 0.306 e. The van der Waals surface area contributed by atoms with E-state index in [0.717, 1.165) is 10.0 Å². The van der Waals surface area contributed by atoms with Crippen molar-refractivity contribution in [2.75, 3.05) is 6.54 Å². The van der Waals surface area contributed by atoms with Crippen LogP contribution in [0.1, 0.15) is 24.1 Å². The van der Waals surface area contributed by atoms with Crippen molar-refractivity contribution in [2.24, 2.45) is 0 Å². The summed E-state index contributed by atoms with van der Waals surface area (Å²) in [5.74, 6) is -0.320. The predicted octanol–water partition coefficient (Wildman–Crippen LogP) is 6.36. The van der Waals surface area contributed by atoms with Crippen molar-refractivity contribution in [1.82, 2.24) is 5.32 Å². The Bertz CT molecular complexity index is 664. The average Bonchev–Trinajstić information content (AvgIpc) is 2.41. The first-order chi connectivity index (χ1) is 9.93. The Kier molecular flexibility index (Phi) is 6.09. The van der Waals surface area contributed by atoms with Crippen molar-refractivity contribution in [1.29, 1.82) is 0 Å². The SMILES string of the molecule is CCNC(c1cc(Cl)c(Br)cc1F)c1ccc(Cl)cc1Br.